The molecule has 1 aromatic carbocycles. The van der Waals surface area contributed by atoms with Crippen molar-refractivity contribution in [3.63, 3.8) is 0 Å². The predicted molar refractivity (Wildman–Crippen MR) is 66.5 cm³/mol. The number of hydrogen-bond acceptors (Lipinski definition) is 3. The van der Waals surface area contributed by atoms with Crippen LogP contribution >= 0.6 is 19.0 Å². The molecule has 0 aliphatic carbocycles. The highest BCUT2D eigenvalue weighted by molar-refractivity contribution is 7.71. The molecule has 2 rings (SSSR count). The van der Waals surface area contributed by atoms with Gasteiger partial charge in [-0.3, -0.25) is 4.57 Å². The molecule has 1 heterocycles. The second-order valence-corrected chi connectivity index (χ2v) is 6.28. The molecule has 4 nitrogen and oxygen atoms in total. The van der Waals surface area contributed by atoms with Crippen molar-refractivity contribution in [3.8, 4) is 0 Å². The van der Waals surface area contributed by atoms with Gasteiger partial charge >= 0.3 is 6.05 Å². The molecule has 0 aliphatic heterocycles. The summed E-state index contributed by atoms with van der Waals surface area (Å²) in [6.45, 7) is 0. The minimum atomic E-state index is -4.63. The maximum absolute atomic E-state index is 13.6. The van der Waals surface area contributed by atoms with Gasteiger partial charge in [-0.25, -0.2) is 9.37 Å². The Balaban J connectivity index is 2.56. The zero-order valence-electron chi connectivity index (χ0n) is 9.79. The van der Waals surface area contributed by atoms with Crippen LogP contribution in [0, 0.1) is 0 Å². The van der Waals surface area contributed by atoms with Crippen molar-refractivity contribution in [1.82, 2.24) is 9.55 Å². The van der Waals surface area contributed by atoms with E-state index in [4.69, 9.17) is 11.6 Å². The van der Waals surface area contributed by atoms with Crippen molar-refractivity contribution in [2.24, 2.45) is 0 Å². The summed E-state index contributed by atoms with van der Waals surface area (Å²) in [6.07, 6.45) is 1.51. The van der Waals surface area contributed by atoms with Gasteiger partial charge in [-0.05, 0) is 0 Å². The van der Waals surface area contributed by atoms with Crippen LogP contribution in [-0.4, -0.2) is 15.2 Å². The molecule has 20 heavy (non-hydrogen) atoms. The molecule has 0 amide bonds. The Morgan fingerprint density at radius 1 is 1.35 bits per heavy atom. The third-order valence-corrected chi connectivity index (χ3v) is 4.66. The second kappa shape index (κ2) is 5.24. The lowest BCUT2D eigenvalue weighted by Gasteiger charge is -2.27. The molecule has 9 heteroatoms. The largest absolute Gasteiger partial charge is 0.790 e. The van der Waals surface area contributed by atoms with Crippen LogP contribution in [0.15, 0.2) is 42.7 Å². The summed E-state index contributed by atoms with van der Waals surface area (Å²) in [6, 6.07) is 2.69. The van der Waals surface area contributed by atoms with Gasteiger partial charge in [0.15, 0.2) is 5.57 Å². The lowest BCUT2D eigenvalue weighted by Crippen LogP contribution is -2.41. The topological polar surface area (TPSA) is 57.9 Å². The van der Waals surface area contributed by atoms with Crippen molar-refractivity contribution in [2.45, 2.75) is 11.7 Å². The van der Waals surface area contributed by atoms with Crippen LogP contribution in [0.1, 0.15) is 0 Å². The first-order valence-electron chi connectivity index (χ1n) is 5.35. The highest BCUT2D eigenvalue weighted by Crippen LogP contribution is 2.37. The molecule has 0 saturated carbocycles. The smallest absolute Gasteiger partial charge is 0.375 e. The van der Waals surface area contributed by atoms with E-state index in [0.29, 0.717) is 6.20 Å². The number of rotatable bonds is 4. The summed E-state index contributed by atoms with van der Waals surface area (Å²) >= 11 is 4.77. The fourth-order valence-corrected chi connectivity index (χ4v) is 3.19. The van der Waals surface area contributed by atoms with Crippen LogP contribution in [-0.2, 0) is 10.6 Å². The predicted octanol–water partition coefficient (Wildman–Crippen LogP) is 1.56. The van der Waals surface area contributed by atoms with Crippen LogP contribution < -0.4 is 15.8 Å². The molecule has 0 spiro atoms. The van der Waals surface area contributed by atoms with Gasteiger partial charge in [0.25, 0.3) is 5.63 Å². The SMILES string of the molecule is O=P([O-])(c1ccccc1)c1nccn1C(F)(F)C(F)Cl. The number of aromatic nitrogens is 2. The van der Waals surface area contributed by atoms with E-state index in [0.717, 1.165) is 6.20 Å². The van der Waals surface area contributed by atoms with Gasteiger partial charge in [0.2, 0.25) is 0 Å². The van der Waals surface area contributed by atoms with Gasteiger partial charge < -0.3 is 9.46 Å². The van der Waals surface area contributed by atoms with Crippen molar-refractivity contribution < 1.29 is 22.6 Å². The molecule has 0 fully saturated rings. The van der Waals surface area contributed by atoms with Crippen LogP contribution in [0.25, 0.3) is 0 Å². The van der Waals surface area contributed by atoms with Crippen LogP contribution in [0.2, 0.25) is 0 Å². The lowest BCUT2D eigenvalue weighted by molar-refractivity contribution is -0.169. The first-order valence-corrected chi connectivity index (χ1v) is 7.41. The normalized spacial score (nSPS) is 16.6. The standard InChI is InChI=1S/C11H9ClF3N2O2P/c12-9(13)11(14,15)17-7-6-16-10(17)20(18,19)8-4-2-1-3-5-8/h1-7,9H,(H,18,19)/p-1. The number of hydrogen-bond donors (Lipinski definition) is 0. The Kier molecular flexibility index (Phi) is 3.95. The second-order valence-electron chi connectivity index (χ2n) is 3.87. The number of imidazole rings is 1. The molecule has 0 bridgehead atoms. The summed E-state index contributed by atoms with van der Waals surface area (Å²) in [5.74, 6) is 0. The van der Waals surface area contributed by atoms with Gasteiger partial charge in [-0.2, -0.15) is 8.78 Å². The Morgan fingerprint density at radius 3 is 2.50 bits per heavy atom. The van der Waals surface area contributed by atoms with E-state index < -0.39 is 24.6 Å². The van der Waals surface area contributed by atoms with Crippen LogP contribution in [0.4, 0.5) is 13.2 Å². The number of halogens is 4. The van der Waals surface area contributed by atoms with Gasteiger partial charge in [-0.1, -0.05) is 41.9 Å². The molecule has 1 aromatic heterocycles. The van der Waals surface area contributed by atoms with Gasteiger partial charge in [-0.15, -0.1) is 0 Å². The van der Waals surface area contributed by atoms with Crippen molar-refractivity contribution in [2.75, 3.05) is 0 Å². The Bertz CT molecular complexity index is 648. The number of nitrogens with zero attached hydrogens (tertiary/aromatic N) is 2. The molecule has 0 aliphatic rings. The molecule has 2 aromatic rings. The maximum atomic E-state index is 13.6. The first-order chi connectivity index (χ1) is 9.28. The molecular weight excluding hydrogens is 316 g/mol. The van der Waals surface area contributed by atoms with E-state index in [1.165, 1.54) is 24.3 Å². The summed E-state index contributed by atoms with van der Waals surface area (Å²) in [5, 5.41) is -0.201. The van der Waals surface area contributed by atoms with E-state index in [1.807, 2.05) is 0 Å². The Labute approximate surface area is 117 Å². The number of benzene rings is 1. The van der Waals surface area contributed by atoms with Gasteiger partial charge in [0.1, 0.15) is 7.37 Å². The fourth-order valence-electron chi connectivity index (χ4n) is 1.59. The van der Waals surface area contributed by atoms with Crippen LogP contribution in [0.3, 0.4) is 0 Å². The van der Waals surface area contributed by atoms with Gasteiger partial charge in [0, 0.05) is 17.7 Å². The third kappa shape index (κ3) is 2.49. The Hall–Kier alpha value is -1.30. The first kappa shape index (κ1) is 15.1. The maximum Gasteiger partial charge on any atom is 0.375 e. The molecular formula is C11H8ClF3N2O2P-. The zero-order chi connectivity index (χ0) is 15.0. The third-order valence-electron chi connectivity index (χ3n) is 2.56. The summed E-state index contributed by atoms with van der Waals surface area (Å²) in [7, 11) is -4.63. The minimum Gasteiger partial charge on any atom is -0.790 e. The summed E-state index contributed by atoms with van der Waals surface area (Å²) in [4.78, 5) is 15.6. The molecule has 0 radical (unpaired) electrons. The molecule has 0 N–H and O–H groups in total. The molecule has 0 saturated heterocycles. The van der Waals surface area contributed by atoms with Crippen molar-refractivity contribution in [3.05, 3.63) is 42.7 Å². The summed E-state index contributed by atoms with van der Waals surface area (Å²) in [5.41, 5.74) is -4.02. The fraction of sp³-hybridized carbons (Fsp3) is 0.182. The minimum absolute atomic E-state index is 0.0779. The molecule has 2 unspecified atom stereocenters. The van der Waals surface area contributed by atoms with E-state index in [1.54, 1.807) is 6.07 Å². The van der Waals surface area contributed by atoms with E-state index >= 15 is 0 Å². The number of alkyl halides is 4. The van der Waals surface area contributed by atoms with Crippen molar-refractivity contribution >= 4 is 29.8 Å². The highest BCUT2D eigenvalue weighted by atomic mass is 35.5. The van der Waals surface area contributed by atoms with E-state index in [2.05, 4.69) is 4.98 Å². The molecule has 2 atom stereocenters. The average Bonchev–Trinajstić information content (AvgIpc) is 2.90. The van der Waals surface area contributed by atoms with E-state index in [9.17, 15) is 22.6 Å². The monoisotopic (exact) mass is 323 g/mol. The molecule has 108 valence electrons. The zero-order valence-corrected chi connectivity index (χ0v) is 11.4. The quantitative estimate of drug-likeness (QED) is 0.634. The highest BCUT2D eigenvalue weighted by Gasteiger charge is 2.44. The average molecular weight is 324 g/mol. The summed E-state index contributed by atoms with van der Waals surface area (Å²) < 4.78 is 52.1. The Morgan fingerprint density at radius 2 is 1.95 bits per heavy atom. The van der Waals surface area contributed by atoms with Gasteiger partial charge in [0.05, 0.1) is 0 Å². The van der Waals surface area contributed by atoms with Crippen LogP contribution in [0.5, 0.6) is 0 Å². The lowest BCUT2D eigenvalue weighted by atomic mass is 10.4. The van der Waals surface area contributed by atoms with Crippen molar-refractivity contribution in [1.29, 1.82) is 0 Å². The van der Waals surface area contributed by atoms with E-state index in [-0.39, 0.29) is 9.87 Å².